The molecule has 0 amide bonds. The predicted octanol–water partition coefficient (Wildman–Crippen LogP) is 4.44. The Bertz CT molecular complexity index is 702. The average Bonchev–Trinajstić information content (AvgIpc) is 2.87. The van der Waals surface area contributed by atoms with Crippen LogP contribution < -0.4 is 0 Å². The standard InChI is InChI=1S/C12H7F2NO4S2/c13-11(14)8-3-6(15(18)19)1-2-9(8)21-7-4-10(12(16)17)20-5-7/h1-5,11H,(H,16,17). The first-order chi connectivity index (χ1) is 9.88. The molecule has 0 spiro atoms. The first-order valence-electron chi connectivity index (χ1n) is 5.44. The van der Waals surface area contributed by atoms with E-state index in [-0.39, 0.29) is 9.77 Å². The zero-order valence-corrected chi connectivity index (χ0v) is 11.8. The van der Waals surface area contributed by atoms with Crippen molar-refractivity contribution in [3.63, 3.8) is 0 Å². The molecule has 0 aliphatic carbocycles. The van der Waals surface area contributed by atoms with Gasteiger partial charge in [-0.3, -0.25) is 10.1 Å². The Kier molecular flexibility index (Phi) is 4.53. The molecule has 1 aromatic carbocycles. The molecule has 0 aliphatic heterocycles. The molecule has 21 heavy (non-hydrogen) atoms. The molecule has 2 rings (SSSR count). The van der Waals surface area contributed by atoms with Crippen LogP contribution in [0.4, 0.5) is 14.5 Å². The molecule has 0 unspecified atom stereocenters. The first-order valence-corrected chi connectivity index (χ1v) is 7.14. The molecule has 1 heterocycles. The number of hydrogen-bond acceptors (Lipinski definition) is 5. The van der Waals surface area contributed by atoms with Gasteiger partial charge in [-0.2, -0.15) is 0 Å². The van der Waals surface area contributed by atoms with Gasteiger partial charge in [0.15, 0.2) is 0 Å². The second-order valence-electron chi connectivity index (χ2n) is 3.83. The summed E-state index contributed by atoms with van der Waals surface area (Å²) in [7, 11) is 0. The fourth-order valence-electron chi connectivity index (χ4n) is 1.52. The van der Waals surface area contributed by atoms with Crippen molar-refractivity contribution in [3.05, 3.63) is 50.2 Å². The Morgan fingerprint density at radius 3 is 2.62 bits per heavy atom. The number of carboxylic acid groups (broad SMARTS) is 1. The minimum absolute atomic E-state index is 0.0954. The average molecular weight is 331 g/mol. The summed E-state index contributed by atoms with van der Waals surface area (Å²) in [6, 6.07) is 4.58. The van der Waals surface area contributed by atoms with Gasteiger partial charge in [0.1, 0.15) is 4.88 Å². The van der Waals surface area contributed by atoms with Crippen molar-refractivity contribution in [2.24, 2.45) is 0 Å². The molecule has 0 bridgehead atoms. The van der Waals surface area contributed by atoms with Crippen LogP contribution >= 0.6 is 23.1 Å². The number of alkyl halides is 2. The summed E-state index contributed by atoms with van der Waals surface area (Å²) in [5.74, 6) is -1.09. The Morgan fingerprint density at radius 2 is 2.10 bits per heavy atom. The summed E-state index contributed by atoms with van der Waals surface area (Å²) >= 11 is 1.93. The van der Waals surface area contributed by atoms with Crippen LogP contribution in [0.25, 0.3) is 0 Å². The maximum atomic E-state index is 13.0. The van der Waals surface area contributed by atoms with Crippen molar-refractivity contribution in [1.29, 1.82) is 0 Å². The number of nitro benzene ring substituents is 1. The summed E-state index contributed by atoms with van der Waals surface area (Å²) in [5.41, 5.74) is -0.858. The fourth-order valence-corrected chi connectivity index (χ4v) is 3.38. The number of thiophene rings is 1. The third-order valence-corrected chi connectivity index (χ3v) is 4.58. The number of rotatable bonds is 5. The number of nitro groups is 1. The van der Waals surface area contributed by atoms with Gasteiger partial charge in [-0.15, -0.1) is 11.3 Å². The number of benzene rings is 1. The van der Waals surface area contributed by atoms with Gasteiger partial charge < -0.3 is 5.11 Å². The SMILES string of the molecule is O=C(O)c1cc(Sc2ccc([N+](=O)[O-])cc2C(F)F)cs1. The lowest BCUT2D eigenvalue weighted by atomic mass is 10.2. The Balaban J connectivity index is 2.34. The number of hydrogen-bond donors (Lipinski definition) is 1. The minimum Gasteiger partial charge on any atom is -0.477 e. The molecule has 0 fully saturated rings. The van der Waals surface area contributed by atoms with Gasteiger partial charge in [0, 0.05) is 32.9 Å². The number of carboxylic acids is 1. The van der Waals surface area contributed by atoms with Gasteiger partial charge in [0.25, 0.3) is 12.1 Å². The lowest BCUT2D eigenvalue weighted by Gasteiger charge is -2.07. The quantitative estimate of drug-likeness (QED) is 0.647. The molecule has 110 valence electrons. The van der Waals surface area contributed by atoms with E-state index >= 15 is 0 Å². The molecular weight excluding hydrogens is 324 g/mol. The van der Waals surface area contributed by atoms with Crippen LogP contribution in [0.1, 0.15) is 21.7 Å². The number of carbonyl (C=O) groups is 1. The van der Waals surface area contributed by atoms with Crippen LogP contribution in [-0.4, -0.2) is 16.0 Å². The Labute approximate surface area is 125 Å². The maximum absolute atomic E-state index is 13.0. The van der Waals surface area contributed by atoms with Crippen molar-refractivity contribution in [3.8, 4) is 0 Å². The molecule has 0 aliphatic rings. The van der Waals surface area contributed by atoms with E-state index in [1.807, 2.05) is 0 Å². The maximum Gasteiger partial charge on any atom is 0.345 e. The van der Waals surface area contributed by atoms with E-state index in [9.17, 15) is 23.7 Å². The first kappa shape index (κ1) is 15.4. The van der Waals surface area contributed by atoms with E-state index < -0.39 is 28.6 Å². The molecule has 1 aromatic heterocycles. The molecule has 0 saturated carbocycles. The van der Waals surface area contributed by atoms with E-state index in [1.165, 1.54) is 17.5 Å². The summed E-state index contributed by atoms with van der Waals surface area (Å²) in [4.78, 5) is 21.4. The molecule has 2 aromatic rings. The highest BCUT2D eigenvalue weighted by Gasteiger charge is 2.19. The second-order valence-corrected chi connectivity index (χ2v) is 5.86. The highest BCUT2D eigenvalue weighted by molar-refractivity contribution is 7.99. The topological polar surface area (TPSA) is 80.4 Å². The van der Waals surface area contributed by atoms with Crippen LogP contribution in [0.15, 0.2) is 39.4 Å². The summed E-state index contributed by atoms with van der Waals surface area (Å²) in [6.07, 6.45) is -2.86. The minimum atomic E-state index is -2.86. The normalized spacial score (nSPS) is 10.8. The Morgan fingerprint density at radius 1 is 1.38 bits per heavy atom. The van der Waals surface area contributed by atoms with Gasteiger partial charge in [0.05, 0.1) is 4.92 Å². The number of nitrogens with zero attached hydrogens (tertiary/aromatic N) is 1. The molecule has 0 radical (unpaired) electrons. The molecule has 0 saturated heterocycles. The van der Waals surface area contributed by atoms with Crippen molar-refractivity contribution in [2.45, 2.75) is 16.2 Å². The largest absolute Gasteiger partial charge is 0.477 e. The lowest BCUT2D eigenvalue weighted by molar-refractivity contribution is -0.385. The lowest BCUT2D eigenvalue weighted by Crippen LogP contribution is -1.93. The smallest absolute Gasteiger partial charge is 0.345 e. The zero-order valence-electron chi connectivity index (χ0n) is 10.2. The molecule has 5 nitrogen and oxygen atoms in total. The van der Waals surface area contributed by atoms with E-state index in [2.05, 4.69) is 0 Å². The monoisotopic (exact) mass is 331 g/mol. The van der Waals surface area contributed by atoms with Crippen molar-refractivity contribution in [2.75, 3.05) is 0 Å². The van der Waals surface area contributed by atoms with Crippen molar-refractivity contribution < 1.29 is 23.6 Å². The third-order valence-electron chi connectivity index (χ3n) is 2.45. The van der Waals surface area contributed by atoms with Crippen LogP contribution in [0.5, 0.6) is 0 Å². The van der Waals surface area contributed by atoms with Gasteiger partial charge in [-0.1, -0.05) is 11.8 Å². The molecule has 0 atom stereocenters. The summed E-state index contributed by atoms with van der Waals surface area (Å²) in [6.45, 7) is 0. The van der Waals surface area contributed by atoms with E-state index in [0.29, 0.717) is 4.90 Å². The van der Waals surface area contributed by atoms with E-state index in [4.69, 9.17) is 5.11 Å². The van der Waals surface area contributed by atoms with Crippen molar-refractivity contribution >= 4 is 34.8 Å². The highest BCUT2D eigenvalue weighted by atomic mass is 32.2. The van der Waals surface area contributed by atoms with Gasteiger partial charge in [0.2, 0.25) is 0 Å². The van der Waals surface area contributed by atoms with Crippen LogP contribution in [-0.2, 0) is 0 Å². The van der Waals surface area contributed by atoms with Gasteiger partial charge in [-0.05, 0) is 12.1 Å². The van der Waals surface area contributed by atoms with E-state index in [1.54, 1.807) is 0 Å². The van der Waals surface area contributed by atoms with Crippen LogP contribution in [0.2, 0.25) is 0 Å². The second kappa shape index (κ2) is 6.19. The number of halogens is 2. The summed E-state index contributed by atoms with van der Waals surface area (Å²) < 4.78 is 26.0. The molecule has 9 heteroatoms. The fraction of sp³-hybridized carbons (Fsp3) is 0.0833. The van der Waals surface area contributed by atoms with Gasteiger partial charge in [-0.25, -0.2) is 13.6 Å². The molecule has 1 N–H and O–H groups in total. The highest BCUT2D eigenvalue weighted by Crippen LogP contribution is 2.38. The summed E-state index contributed by atoms with van der Waals surface area (Å²) in [5, 5.41) is 21.0. The third kappa shape index (κ3) is 3.56. The predicted molar refractivity (Wildman–Crippen MR) is 73.5 cm³/mol. The molecular formula is C12H7F2NO4S2. The van der Waals surface area contributed by atoms with E-state index in [0.717, 1.165) is 35.2 Å². The number of non-ortho nitro benzene ring substituents is 1. The zero-order chi connectivity index (χ0) is 15.6. The Hall–Kier alpha value is -2.00. The van der Waals surface area contributed by atoms with Crippen LogP contribution in [0.3, 0.4) is 0 Å². The number of aromatic carboxylic acids is 1. The van der Waals surface area contributed by atoms with Crippen LogP contribution in [0, 0.1) is 10.1 Å². The van der Waals surface area contributed by atoms with Gasteiger partial charge >= 0.3 is 5.97 Å². The van der Waals surface area contributed by atoms with Crippen molar-refractivity contribution in [1.82, 2.24) is 0 Å².